The molecule has 1 aliphatic heterocycles. The fourth-order valence-electron chi connectivity index (χ4n) is 1.83. The van der Waals surface area contributed by atoms with Gasteiger partial charge >= 0.3 is 5.69 Å². The molecule has 0 bridgehead atoms. The Morgan fingerprint density at radius 1 is 1.31 bits per heavy atom. The van der Waals surface area contributed by atoms with Gasteiger partial charge in [-0.25, -0.2) is 4.79 Å². The predicted octanol–water partition coefficient (Wildman–Crippen LogP) is -2.60. The van der Waals surface area contributed by atoms with Crippen LogP contribution in [-0.4, -0.2) is 45.1 Å². The minimum atomic E-state index is -1.02. The Morgan fingerprint density at radius 2 is 2.06 bits per heavy atom. The van der Waals surface area contributed by atoms with Crippen LogP contribution in [0.15, 0.2) is 21.9 Å². The van der Waals surface area contributed by atoms with Gasteiger partial charge in [-0.3, -0.25) is 14.3 Å². The molecule has 3 atom stereocenters. The van der Waals surface area contributed by atoms with Crippen molar-refractivity contribution in [3.63, 3.8) is 0 Å². The van der Waals surface area contributed by atoms with E-state index >= 15 is 0 Å². The van der Waals surface area contributed by atoms with Crippen molar-refractivity contribution in [1.82, 2.24) is 14.9 Å². The third kappa shape index (κ3) is 1.92. The molecule has 4 N–H and O–H groups in total. The number of β-amino-alcohol motifs (C(OH)–C–C–N with tert-alkyl or cyclic N) is 1. The minimum Gasteiger partial charge on any atom is -0.389 e. The summed E-state index contributed by atoms with van der Waals surface area (Å²) in [6, 6.07) is 0.628. The molecule has 2 rings (SSSR count). The van der Waals surface area contributed by atoms with E-state index in [1.807, 2.05) is 0 Å². The summed E-state index contributed by atoms with van der Waals surface area (Å²) in [5.41, 5.74) is -1.08. The summed E-state index contributed by atoms with van der Waals surface area (Å²) >= 11 is 0. The molecule has 0 saturated carbocycles. The summed E-state index contributed by atoms with van der Waals surface area (Å²) in [4.78, 5) is 24.5. The zero-order valence-corrected chi connectivity index (χ0v) is 8.46. The van der Waals surface area contributed by atoms with E-state index in [-0.39, 0.29) is 6.54 Å². The van der Waals surface area contributed by atoms with E-state index in [0.29, 0.717) is 6.54 Å². The fraction of sp³-hybridized carbons (Fsp3) is 0.556. The summed E-state index contributed by atoms with van der Waals surface area (Å²) in [7, 11) is 0. The van der Waals surface area contributed by atoms with Crippen LogP contribution < -0.4 is 16.6 Å². The molecule has 0 unspecified atom stereocenters. The second kappa shape index (κ2) is 4.20. The number of aliphatic hydroxyl groups excluding tert-OH is 2. The minimum absolute atomic E-state index is 0.287. The van der Waals surface area contributed by atoms with Crippen molar-refractivity contribution < 1.29 is 10.2 Å². The van der Waals surface area contributed by atoms with Gasteiger partial charge in [0, 0.05) is 25.4 Å². The average Bonchev–Trinajstić information content (AvgIpc) is 2.23. The Hall–Kier alpha value is -1.44. The van der Waals surface area contributed by atoms with Gasteiger partial charge in [-0.15, -0.1) is 0 Å². The van der Waals surface area contributed by atoms with Crippen LogP contribution in [0.3, 0.4) is 0 Å². The molecule has 1 aromatic rings. The number of rotatable bonds is 1. The molecule has 7 heteroatoms. The first-order valence-corrected chi connectivity index (χ1v) is 4.98. The van der Waals surface area contributed by atoms with Crippen LogP contribution in [0.25, 0.3) is 0 Å². The standard InChI is InChI=1S/C9H13N3O4/c13-6-4-10-3-5(8(6)15)12-2-1-7(14)11-9(12)16/h1-2,5-6,8,10,13,15H,3-4H2,(H,11,14,16)/t5-,6-,8+/m1/s1. The molecule has 0 aromatic carbocycles. The molecule has 1 aliphatic rings. The van der Waals surface area contributed by atoms with Gasteiger partial charge in [-0.05, 0) is 0 Å². The summed E-state index contributed by atoms with van der Waals surface area (Å²) in [6.45, 7) is 0.653. The van der Waals surface area contributed by atoms with Gasteiger partial charge in [-0.1, -0.05) is 0 Å². The summed E-state index contributed by atoms with van der Waals surface area (Å²) in [5, 5.41) is 22.1. The maximum Gasteiger partial charge on any atom is 0.328 e. The largest absolute Gasteiger partial charge is 0.389 e. The van der Waals surface area contributed by atoms with E-state index in [4.69, 9.17) is 0 Å². The summed E-state index contributed by atoms with van der Waals surface area (Å²) in [6.07, 6.45) is -0.628. The highest BCUT2D eigenvalue weighted by Crippen LogP contribution is 2.15. The monoisotopic (exact) mass is 227 g/mol. The first-order valence-electron chi connectivity index (χ1n) is 4.98. The second-order valence-electron chi connectivity index (χ2n) is 3.80. The van der Waals surface area contributed by atoms with Crippen LogP contribution in [0.5, 0.6) is 0 Å². The molecule has 1 fully saturated rings. The number of H-pyrrole nitrogens is 1. The second-order valence-corrected chi connectivity index (χ2v) is 3.80. The van der Waals surface area contributed by atoms with Crippen LogP contribution in [0.1, 0.15) is 6.04 Å². The lowest BCUT2D eigenvalue weighted by atomic mass is 10.0. The van der Waals surface area contributed by atoms with E-state index in [1.165, 1.54) is 16.8 Å². The van der Waals surface area contributed by atoms with Crippen molar-refractivity contribution in [3.8, 4) is 0 Å². The third-order valence-corrected chi connectivity index (χ3v) is 2.70. The predicted molar refractivity (Wildman–Crippen MR) is 55.2 cm³/mol. The van der Waals surface area contributed by atoms with Crippen molar-refractivity contribution in [2.45, 2.75) is 18.2 Å². The van der Waals surface area contributed by atoms with Crippen molar-refractivity contribution in [3.05, 3.63) is 33.1 Å². The summed E-state index contributed by atoms with van der Waals surface area (Å²) in [5.74, 6) is 0. The number of aromatic nitrogens is 2. The normalized spacial score (nSPS) is 30.2. The molecule has 1 saturated heterocycles. The van der Waals surface area contributed by atoms with Crippen molar-refractivity contribution in [2.75, 3.05) is 13.1 Å². The number of piperidine rings is 1. The average molecular weight is 227 g/mol. The molecule has 0 radical (unpaired) electrons. The molecule has 0 spiro atoms. The van der Waals surface area contributed by atoms with Crippen LogP contribution >= 0.6 is 0 Å². The van der Waals surface area contributed by atoms with Gasteiger partial charge in [0.1, 0.15) is 6.10 Å². The van der Waals surface area contributed by atoms with Crippen LogP contribution in [0, 0.1) is 0 Å². The van der Waals surface area contributed by atoms with E-state index in [9.17, 15) is 19.8 Å². The highest BCUT2D eigenvalue weighted by Gasteiger charge is 2.31. The number of nitrogens with one attached hydrogen (secondary N) is 2. The Balaban J connectivity index is 2.36. The number of aliphatic hydroxyl groups is 2. The lowest BCUT2D eigenvalue weighted by Gasteiger charge is -2.33. The first-order chi connectivity index (χ1) is 7.59. The van der Waals surface area contributed by atoms with Gasteiger partial charge in [0.15, 0.2) is 0 Å². The lowest BCUT2D eigenvalue weighted by molar-refractivity contribution is -0.0312. The van der Waals surface area contributed by atoms with Gasteiger partial charge in [-0.2, -0.15) is 0 Å². The zero-order chi connectivity index (χ0) is 11.7. The molecule has 16 heavy (non-hydrogen) atoms. The molecule has 7 nitrogen and oxygen atoms in total. The zero-order valence-electron chi connectivity index (χ0n) is 8.46. The van der Waals surface area contributed by atoms with Crippen molar-refractivity contribution in [1.29, 1.82) is 0 Å². The van der Waals surface area contributed by atoms with E-state index in [1.54, 1.807) is 0 Å². The molecule has 0 amide bonds. The smallest absolute Gasteiger partial charge is 0.328 e. The van der Waals surface area contributed by atoms with E-state index < -0.39 is 29.5 Å². The first kappa shape index (κ1) is 11.1. The number of aromatic amines is 1. The number of nitrogens with zero attached hydrogens (tertiary/aromatic N) is 1. The van der Waals surface area contributed by atoms with Gasteiger partial charge in [0.2, 0.25) is 0 Å². The molecular weight excluding hydrogens is 214 g/mol. The van der Waals surface area contributed by atoms with E-state index in [2.05, 4.69) is 10.3 Å². The van der Waals surface area contributed by atoms with Crippen molar-refractivity contribution in [2.24, 2.45) is 0 Å². The highest BCUT2D eigenvalue weighted by molar-refractivity contribution is 4.93. The van der Waals surface area contributed by atoms with Crippen molar-refractivity contribution >= 4 is 0 Å². The Labute approximate surface area is 90.4 Å². The van der Waals surface area contributed by atoms with Gasteiger partial charge in [0.25, 0.3) is 5.56 Å². The highest BCUT2D eigenvalue weighted by atomic mass is 16.3. The Morgan fingerprint density at radius 3 is 2.75 bits per heavy atom. The molecule has 88 valence electrons. The third-order valence-electron chi connectivity index (χ3n) is 2.70. The number of hydrogen-bond donors (Lipinski definition) is 4. The fourth-order valence-corrected chi connectivity index (χ4v) is 1.83. The molecule has 0 aliphatic carbocycles. The SMILES string of the molecule is O=c1ccn([C@@H]2CNC[C@@H](O)[C@H]2O)c(=O)[nH]1. The Bertz CT molecular complexity index is 480. The number of hydrogen-bond acceptors (Lipinski definition) is 5. The van der Waals surface area contributed by atoms with Gasteiger partial charge < -0.3 is 15.5 Å². The van der Waals surface area contributed by atoms with E-state index in [0.717, 1.165) is 0 Å². The topological polar surface area (TPSA) is 107 Å². The van der Waals surface area contributed by atoms with Crippen LogP contribution in [0.2, 0.25) is 0 Å². The maximum absolute atomic E-state index is 11.5. The Kier molecular flexibility index (Phi) is 2.90. The molecule has 2 heterocycles. The quantitative estimate of drug-likeness (QED) is 0.421. The van der Waals surface area contributed by atoms with Gasteiger partial charge in [0.05, 0.1) is 12.1 Å². The molecular formula is C9H13N3O4. The maximum atomic E-state index is 11.5. The molecule has 1 aromatic heterocycles. The lowest BCUT2D eigenvalue weighted by Crippen LogP contribution is -2.53. The summed E-state index contributed by atoms with van der Waals surface area (Å²) < 4.78 is 1.21. The van der Waals surface area contributed by atoms with Crippen LogP contribution in [0.4, 0.5) is 0 Å². The van der Waals surface area contributed by atoms with Crippen LogP contribution in [-0.2, 0) is 0 Å².